The maximum atomic E-state index is 12.9. The fourth-order valence-electron chi connectivity index (χ4n) is 5.02. The number of hydrogen-bond donors (Lipinski definition) is 1. The third-order valence-electron chi connectivity index (χ3n) is 6.60. The van der Waals surface area contributed by atoms with Gasteiger partial charge in [-0.25, -0.2) is 4.79 Å². The van der Waals surface area contributed by atoms with Crippen LogP contribution >= 0.6 is 0 Å². The molecule has 8 heteroatoms. The van der Waals surface area contributed by atoms with E-state index in [1.165, 1.54) is 0 Å². The number of benzene rings is 2. The summed E-state index contributed by atoms with van der Waals surface area (Å²) in [5.41, 5.74) is 4.39. The second-order valence-electron chi connectivity index (χ2n) is 8.45. The van der Waals surface area contributed by atoms with Gasteiger partial charge in [-0.15, -0.1) is 0 Å². The van der Waals surface area contributed by atoms with Crippen LogP contribution in [0.25, 0.3) is 0 Å². The molecule has 33 heavy (non-hydrogen) atoms. The van der Waals surface area contributed by atoms with Crippen LogP contribution in [-0.2, 0) is 17.7 Å². The number of ether oxygens (including phenoxy) is 4. The summed E-state index contributed by atoms with van der Waals surface area (Å²) in [6.45, 7) is 1.53. The minimum absolute atomic E-state index is 0.171. The number of esters is 1. The molecule has 0 bridgehead atoms. The average molecular weight is 448 g/mol. The zero-order valence-corrected chi connectivity index (χ0v) is 18.4. The third-order valence-corrected chi connectivity index (χ3v) is 6.60. The van der Waals surface area contributed by atoms with Crippen molar-refractivity contribution >= 4 is 11.7 Å². The van der Waals surface area contributed by atoms with Crippen LogP contribution < -0.4 is 19.5 Å². The Labute approximate surface area is 191 Å². The Hall–Kier alpha value is -3.65. The van der Waals surface area contributed by atoms with Gasteiger partial charge in [0.05, 0.1) is 31.5 Å². The van der Waals surface area contributed by atoms with E-state index in [9.17, 15) is 4.79 Å². The Morgan fingerprint density at radius 3 is 2.94 bits per heavy atom. The molecular formula is C25H24N2O6. The van der Waals surface area contributed by atoms with Crippen molar-refractivity contribution in [3.63, 3.8) is 0 Å². The lowest BCUT2D eigenvalue weighted by Gasteiger charge is -2.38. The number of nitrogens with zero attached hydrogens (tertiary/aromatic N) is 1. The first-order valence-corrected chi connectivity index (χ1v) is 10.9. The van der Waals surface area contributed by atoms with E-state index in [1.807, 2.05) is 43.4 Å². The Kier molecular flexibility index (Phi) is 4.69. The van der Waals surface area contributed by atoms with Gasteiger partial charge in [0.15, 0.2) is 11.5 Å². The van der Waals surface area contributed by atoms with Crippen LogP contribution in [0.4, 0.5) is 5.69 Å². The van der Waals surface area contributed by atoms with Gasteiger partial charge in [0.1, 0.15) is 11.9 Å². The Bertz CT molecular complexity index is 1220. The second-order valence-corrected chi connectivity index (χ2v) is 8.45. The lowest BCUT2D eigenvalue weighted by Crippen LogP contribution is -2.36. The van der Waals surface area contributed by atoms with E-state index in [0.29, 0.717) is 29.4 Å². The minimum Gasteiger partial charge on any atom is -0.492 e. The van der Waals surface area contributed by atoms with Gasteiger partial charge >= 0.3 is 5.97 Å². The molecular weight excluding hydrogens is 424 g/mol. The molecule has 6 rings (SSSR count). The van der Waals surface area contributed by atoms with Gasteiger partial charge in [0.2, 0.25) is 12.5 Å². The number of anilines is 1. The number of hydrogen-bond acceptors (Lipinski definition) is 8. The molecule has 0 radical (unpaired) electrons. The van der Waals surface area contributed by atoms with Crippen LogP contribution in [0, 0.1) is 0 Å². The van der Waals surface area contributed by atoms with Crippen molar-refractivity contribution in [3.05, 3.63) is 70.7 Å². The highest BCUT2D eigenvalue weighted by molar-refractivity contribution is 5.95. The molecule has 0 saturated heterocycles. The molecule has 2 unspecified atom stereocenters. The maximum Gasteiger partial charge on any atom is 0.339 e. The van der Waals surface area contributed by atoms with Crippen LogP contribution in [0.2, 0.25) is 0 Å². The first-order valence-electron chi connectivity index (χ1n) is 10.9. The van der Waals surface area contributed by atoms with Crippen molar-refractivity contribution in [2.45, 2.75) is 25.1 Å². The van der Waals surface area contributed by atoms with E-state index in [-0.39, 0.29) is 18.8 Å². The molecule has 2 aromatic carbocycles. The number of rotatable bonds is 5. The van der Waals surface area contributed by atoms with E-state index in [0.717, 1.165) is 41.1 Å². The SMILES string of the molecule is COc1c2c(cc3c1C(C1OC(=O)c4cc(NCc5ccco5)ccc41)N(C)CC3)OCO2. The summed E-state index contributed by atoms with van der Waals surface area (Å²) in [5.74, 6) is 2.46. The van der Waals surface area contributed by atoms with Crippen molar-refractivity contribution < 1.29 is 28.2 Å². The normalized spacial score (nSPS) is 20.8. The summed E-state index contributed by atoms with van der Waals surface area (Å²) in [5, 5.41) is 3.30. The number of fused-ring (bicyclic) bond motifs is 3. The number of cyclic esters (lactones) is 1. The number of likely N-dealkylation sites (N-methyl/N-ethyl adjacent to an activating group) is 1. The summed E-state index contributed by atoms with van der Waals surface area (Å²) in [4.78, 5) is 15.1. The molecule has 0 spiro atoms. The predicted molar refractivity (Wildman–Crippen MR) is 119 cm³/mol. The van der Waals surface area contributed by atoms with Gasteiger partial charge in [-0.2, -0.15) is 0 Å². The molecule has 3 aromatic rings. The summed E-state index contributed by atoms with van der Waals surface area (Å²) >= 11 is 0. The average Bonchev–Trinajstić information content (AvgIpc) is 3.57. The van der Waals surface area contributed by atoms with Gasteiger partial charge in [-0.3, -0.25) is 4.90 Å². The van der Waals surface area contributed by atoms with Gasteiger partial charge in [0.25, 0.3) is 0 Å². The summed E-state index contributed by atoms with van der Waals surface area (Å²) < 4.78 is 28.5. The zero-order chi connectivity index (χ0) is 22.5. The Morgan fingerprint density at radius 2 is 2.12 bits per heavy atom. The van der Waals surface area contributed by atoms with Crippen molar-refractivity contribution in [2.24, 2.45) is 0 Å². The van der Waals surface area contributed by atoms with Crippen molar-refractivity contribution in [1.29, 1.82) is 0 Å². The topological polar surface area (TPSA) is 82.4 Å². The molecule has 2 atom stereocenters. The van der Waals surface area contributed by atoms with Gasteiger partial charge in [-0.1, -0.05) is 6.07 Å². The van der Waals surface area contributed by atoms with Gasteiger partial charge in [0, 0.05) is 23.4 Å². The van der Waals surface area contributed by atoms with E-state index in [2.05, 4.69) is 10.2 Å². The quantitative estimate of drug-likeness (QED) is 0.585. The highest BCUT2D eigenvalue weighted by Gasteiger charge is 2.44. The number of carbonyl (C=O) groups excluding carboxylic acids is 1. The smallest absolute Gasteiger partial charge is 0.339 e. The molecule has 1 aromatic heterocycles. The molecule has 0 amide bonds. The largest absolute Gasteiger partial charge is 0.492 e. The van der Waals surface area contributed by atoms with Crippen LogP contribution in [0.15, 0.2) is 47.1 Å². The van der Waals surface area contributed by atoms with Gasteiger partial charge in [-0.05, 0) is 49.4 Å². The van der Waals surface area contributed by atoms with E-state index in [1.54, 1.807) is 13.4 Å². The van der Waals surface area contributed by atoms with Crippen molar-refractivity contribution in [1.82, 2.24) is 4.90 Å². The summed E-state index contributed by atoms with van der Waals surface area (Å²) in [6.07, 6.45) is 2.03. The van der Waals surface area contributed by atoms with Gasteiger partial charge < -0.3 is 28.7 Å². The summed E-state index contributed by atoms with van der Waals surface area (Å²) in [7, 11) is 3.68. The Morgan fingerprint density at radius 1 is 1.21 bits per heavy atom. The molecule has 3 aliphatic rings. The molecule has 0 aliphatic carbocycles. The first-order chi connectivity index (χ1) is 16.1. The number of nitrogens with one attached hydrogen (secondary N) is 1. The fraction of sp³-hybridized carbons (Fsp3) is 0.320. The van der Waals surface area contributed by atoms with E-state index in [4.69, 9.17) is 23.4 Å². The molecule has 8 nitrogen and oxygen atoms in total. The highest BCUT2D eigenvalue weighted by Crippen LogP contribution is 2.54. The number of methoxy groups -OCH3 is 1. The summed E-state index contributed by atoms with van der Waals surface area (Å²) in [6, 6.07) is 11.4. The molecule has 1 N–H and O–H groups in total. The van der Waals surface area contributed by atoms with Crippen molar-refractivity contribution in [3.8, 4) is 17.2 Å². The van der Waals surface area contributed by atoms with Crippen LogP contribution in [0.3, 0.4) is 0 Å². The maximum absolute atomic E-state index is 12.9. The third kappa shape index (κ3) is 3.21. The standard InChI is InChI=1S/C25H24N2O6/c1-27-8-7-14-10-19-23(32-13-31-19)24(29-2)20(14)21(27)22-17-6-5-15(11-18(17)25(28)33-22)26-12-16-4-3-9-30-16/h3-6,9-11,21-22,26H,7-8,12-13H2,1-2H3. The number of carbonyl (C=O) groups is 1. The van der Waals surface area contributed by atoms with E-state index >= 15 is 0 Å². The lowest BCUT2D eigenvalue weighted by atomic mass is 9.85. The number of furan rings is 1. The van der Waals surface area contributed by atoms with Crippen molar-refractivity contribution in [2.75, 3.05) is 32.8 Å². The van der Waals surface area contributed by atoms with Crippen LogP contribution in [0.1, 0.15) is 45.0 Å². The minimum atomic E-state index is -0.454. The Balaban J connectivity index is 1.37. The molecule has 0 saturated carbocycles. The second kappa shape index (κ2) is 7.74. The molecule has 170 valence electrons. The monoisotopic (exact) mass is 448 g/mol. The van der Waals surface area contributed by atoms with Crippen LogP contribution in [0.5, 0.6) is 17.2 Å². The molecule has 3 aliphatic heterocycles. The fourth-order valence-corrected chi connectivity index (χ4v) is 5.02. The zero-order valence-electron chi connectivity index (χ0n) is 18.4. The molecule has 0 fully saturated rings. The predicted octanol–water partition coefficient (Wildman–Crippen LogP) is 4.07. The highest BCUT2D eigenvalue weighted by atomic mass is 16.7. The lowest BCUT2D eigenvalue weighted by molar-refractivity contribution is 0.00882. The molecule has 4 heterocycles. The van der Waals surface area contributed by atoms with E-state index < -0.39 is 6.10 Å². The van der Waals surface area contributed by atoms with Crippen LogP contribution in [-0.4, -0.2) is 38.4 Å². The first kappa shape index (κ1) is 20.0.